The van der Waals surface area contributed by atoms with Crippen molar-refractivity contribution in [1.82, 2.24) is 9.97 Å². The molecule has 0 aliphatic heterocycles. The number of benzene rings is 2. The average molecular weight is 438 g/mol. The SMILES string of the molecule is Nc1nc(SCc2cccc(C(F)(F)F)c2)[nH]c(=O)c1NC(=O)c1ccc(F)cc1. The van der Waals surface area contributed by atoms with Crippen LogP contribution in [-0.2, 0) is 11.9 Å². The summed E-state index contributed by atoms with van der Waals surface area (Å²) < 4.78 is 51.3. The van der Waals surface area contributed by atoms with Crippen molar-refractivity contribution in [3.63, 3.8) is 0 Å². The highest BCUT2D eigenvalue weighted by Gasteiger charge is 2.30. The number of nitrogen functional groups attached to an aromatic ring is 1. The van der Waals surface area contributed by atoms with Crippen LogP contribution in [0.1, 0.15) is 21.5 Å². The number of amides is 1. The number of thioether (sulfide) groups is 1. The van der Waals surface area contributed by atoms with E-state index >= 15 is 0 Å². The molecule has 0 fully saturated rings. The first kappa shape index (κ1) is 21.4. The van der Waals surface area contributed by atoms with Crippen LogP contribution in [0.5, 0.6) is 0 Å². The molecule has 1 aromatic heterocycles. The predicted molar refractivity (Wildman–Crippen MR) is 105 cm³/mol. The fourth-order valence-corrected chi connectivity index (χ4v) is 3.25. The van der Waals surface area contributed by atoms with Crippen molar-refractivity contribution in [2.24, 2.45) is 0 Å². The minimum atomic E-state index is -4.46. The minimum Gasteiger partial charge on any atom is -0.382 e. The predicted octanol–water partition coefficient (Wildman–Crippen LogP) is 4.05. The van der Waals surface area contributed by atoms with Gasteiger partial charge in [-0.15, -0.1) is 0 Å². The zero-order valence-electron chi connectivity index (χ0n) is 15.1. The number of nitrogens with two attached hydrogens (primary N) is 1. The Kier molecular flexibility index (Phi) is 6.11. The number of anilines is 2. The molecular formula is C19H14F4N4O2S. The third-order valence-corrected chi connectivity index (χ3v) is 4.84. The molecule has 3 aromatic rings. The van der Waals surface area contributed by atoms with E-state index in [1.54, 1.807) is 0 Å². The summed E-state index contributed by atoms with van der Waals surface area (Å²) >= 11 is 0.978. The fraction of sp³-hybridized carbons (Fsp3) is 0.105. The average Bonchev–Trinajstić information content (AvgIpc) is 2.69. The normalized spacial score (nSPS) is 11.3. The Balaban J connectivity index is 1.72. The van der Waals surface area contributed by atoms with Crippen molar-refractivity contribution >= 4 is 29.2 Å². The van der Waals surface area contributed by atoms with Crippen molar-refractivity contribution in [3.8, 4) is 0 Å². The highest BCUT2D eigenvalue weighted by Crippen LogP contribution is 2.31. The standard InChI is InChI=1S/C19H14F4N4O2S/c20-13-6-4-11(5-7-13)16(28)25-14-15(24)26-18(27-17(14)29)30-9-10-2-1-3-12(8-10)19(21,22)23/h1-8H,9H2,(H,25,28)(H3,24,26,27,29). The van der Waals surface area contributed by atoms with Gasteiger partial charge >= 0.3 is 6.18 Å². The van der Waals surface area contributed by atoms with E-state index in [1.807, 2.05) is 0 Å². The van der Waals surface area contributed by atoms with Gasteiger partial charge in [0.1, 0.15) is 11.5 Å². The van der Waals surface area contributed by atoms with E-state index in [2.05, 4.69) is 15.3 Å². The van der Waals surface area contributed by atoms with E-state index in [9.17, 15) is 27.2 Å². The number of hydrogen-bond donors (Lipinski definition) is 3. The molecule has 1 amide bonds. The lowest BCUT2D eigenvalue weighted by atomic mass is 10.1. The second-order valence-electron chi connectivity index (χ2n) is 6.08. The van der Waals surface area contributed by atoms with Gasteiger partial charge in [-0.25, -0.2) is 9.37 Å². The smallest absolute Gasteiger partial charge is 0.382 e. The number of rotatable bonds is 5. The van der Waals surface area contributed by atoms with Gasteiger partial charge in [0.2, 0.25) is 0 Å². The summed E-state index contributed by atoms with van der Waals surface area (Å²) in [7, 11) is 0. The first-order valence-corrected chi connectivity index (χ1v) is 9.37. The number of aromatic nitrogens is 2. The van der Waals surface area contributed by atoms with Gasteiger partial charge in [0.15, 0.2) is 11.0 Å². The maximum atomic E-state index is 13.0. The molecule has 2 aromatic carbocycles. The fourth-order valence-electron chi connectivity index (χ4n) is 2.43. The molecule has 0 aliphatic carbocycles. The van der Waals surface area contributed by atoms with Crippen LogP contribution in [0, 0.1) is 5.82 Å². The topological polar surface area (TPSA) is 101 Å². The van der Waals surface area contributed by atoms with Crippen LogP contribution in [0.3, 0.4) is 0 Å². The molecule has 0 spiro atoms. The number of carbonyl (C=O) groups is 1. The Morgan fingerprint density at radius 2 is 1.87 bits per heavy atom. The van der Waals surface area contributed by atoms with E-state index in [0.717, 1.165) is 36.0 Å². The second-order valence-corrected chi connectivity index (χ2v) is 7.04. The third-order valence-electron chi connectivity index (χ3n) is 3.90. The number of nitrogens with zero attached hydrogens (tertiary/aromatic N) is 1. The van der Waals surface area contributed by atoms with Crippen molar-refractivity contribution in [2.45, 2.75) is 17.1 Å². The number of aromatic amines is 1. The number of alkyl halides is 3. The largest absolute Gasteiger partial charge is 0.416 e. The summed E-state index contributed by atoms with van der Waals surface area (Å²) in [5, 5.41) is 2.39. The summed E-state index contributed by atoms with van der Waals surface area (Å²) in [6.07, 6.45) is -4.46. The van der Waals surface area contributed by atoms with E-state index < -0.39 is 29.0 Å². The van der Waals surface area contributed by atoms with Crippen molar-refractivity contribution in [3.05, 3.63) is 81.4 Å². The van der Waals surface area contributed by atoms with Crippen LogP contribution in [0.15, 0.2) is 58.5 Å². The Morgan fingerprint density at radius 3 is 2.50 bits per heavy atom. The van der Waals surface area contributed by atoms with Gasteiger partial charge in [-0.2, -0.15) is 13.2 Å². The Labute approximate surface area is 171 Å². The van der Waals surface area contributed by atoms with Gasteiger partial charge in [-0.1, -0.05) is 30.0 Å². The van der Waals surface area contributed by atoms with E-state index in [1.165, 1.54) is 24.3 Å². The zero-order valence-corrected chi connectivity index (χ0v) is 15.9. The molecule has 0 saturated heterocycles. The quantitative estimate of drug-likeness (QED) is 0.317. The minimum absolute atomic E-state index is 0.0784. The maximum absolute atomic E-state index is 13.0. The van der Waals surface area contributed by atoms with Crippen LogP contribution in [0.25, 0.3) is 0 Å². The van der Waals surface area contributed by atoms with Gasteiger partial charge in [0, 0.05) is 11.3 Å². The molecule has 0 unspecified atom stereocenters. The van der Waals surface area contributed by atoms with E-state index in [-0.39, 0.29) is 28.0 Å². The Hall–Kier alpha value is -3.34. The molecular weight excluding hydrogens is 424 g/mol. The van der Waals surface area contributed by atoms with Crippen LogP contribution in [0.2, 0.25) is 0 Å². The van der Waals surface area contributed by atoms with Gasteiger partial charge < -0.3 is 11.1 Å². The van der Waals surface area contributed by atoms with Crippen molar-refractivity contribution in [1.29, 1.82) is 0 Å². The molecule has 156 valence electrons. The molecule has 0 aliphatic rings. The molecule has 0 atom stereocenters. The molecule has 0 saturated carbocycles. The summed E-state index contributed by atoms with van der Waals surface area (Å²) in [4.78, 5) is 30.8. The lowest BCUT2D eigenvalue weighted by Crippen LogP contribution is -2.23. The summed E-state index contributed by atoms with van der Waals surface area (Å²) in [5.74, 6) is -1.36. The van der Waals surface area contributed by atoms with Crippen LogP contribution in [-0.4, -0.2) is 15.9 Å². The van der Waals surface area contributed by atoms with Crippen LogP contribution < -0.4 is 16.6 Å². The monoisotopic (exact) mass is 438 g/mol. The van der Waals surface area contributed by atoms with Gasteiger partial charge in [-0.3, -0.25) is 14.6 Å². The Bertz CT molecular complexity index is 1130. The number of nitrogens with one attached hydrogen (secondary N) is 2. The lowest BCUT2D eigenvalue weighted by Gasteiger charge is -2.10. The first-order valence-electron chi connectivity index (χ1n) is 8.39. The van der Waals surface area contributed by atoms with Crippen LogP contribution >= 0.6 is 11.8 Å². The molecule has 6 nitrogen and oxygen atoms in total. The molecule has 11 heteroatoms. The second kappa shape index (κ2) is 8.57. The number of hydrogen-bond acceptors (Lipinski definition) is 5. The molecule has 0 radical (unpaired) electrons. The lowest BCUT2D eigenvalue weighted by molar-refractivity contribution is -0.137. The third kappa shape index (κ3) is 5.17. The molecule has 1 heterocycles. The highest BCUT2D eigenvalue weighted by atomic mass is 32.2. The van der Waals surface area contributed by atoms with Crippen molar-refractivity contribution < 1.29 is 22.4 Å². The zero-order chi connectivity index (χ0) is 21.9. The number of halogens is 4. The summed E-state index contributed by atoms with van der Waals surface area (Å²) in [6.45, 7) is 0. The molecule has 4 N–H and O–H groups in total. The maximum Gasteiger partial charge on any atom is 0.416 e. The Morgan fingerprint density at radius 1 is 1.17 bits per heavy atom. The first-order chi connectivity index (χ1) is 14.1. The van der Waals surface area contributed by atoms with Gasteiger partial charge in [-0.05, 0) is 35.9 Å². The van der Waals surface area contributed by atoms with E-state index in [4.69, 9.17) is 5.73 Å². The number of carbonyl (C=O) groups excluding carboxylic acids is 1. The molecule has 3 rings (SSSR count). The number of H-pyrrole nitrogens is 1. The van der Waals surface area contributed by atoms with E-state index in [0.29, 0.717) is 5.56 Å². The highest BCUT2D eigenvalue weighted by molar-refractivity contribution is 7.98. The summed E-state index contributed by atoms with van der Waals surface area (Å²) in [5.41, 5.74) is 4.45. The van der Waals surface area contributed by atoms with Gasteiger partial charge in [0.25, 0.3) is 11.5 Å². The molecule has 0 bridgehead atoms. The van der Waals surface area contributed by atoms with Crippen molar-refractivity contribution in [2.75, 3.05) is 11.1 Å². The van der Waals surface area contributed by atoms with Crippen LogP contribution in [0.4, 0.5) is 29.1 Å². The van der Waals surface area contributed by atoms with Gasteiger partial charge in [0.05, 0.1) is 5.56 Å². The molecule has 30 heavy (non-hydrogen) atoms. The summed E-state index contributed by atoms with van der Waals surface area (Å²) in [6, 6.07) is 9.43.